The summed E-state index contributed by atoms with van der Waals surface area (Å²) in [7, 11) is 2.90. The van der Waals surface area contributed by atoms with Gasteiger partial charge in [-0.25, -0.2) is 4.39 Å². The monoisotopic (exact) mass is 346 g/mol. The first-order valence-corrected chi connectivity index (χ1v) is 7.10. The summed E-state index contributed by atoms with van der Waals surface area (Å²) in [5, 5.41) is 9.04. The summed E-state index contributed by atoms with van der Waals surface area (Å²) in [6, 6.07) is 1.25. The Morgan fingerprint density at radius 3 is 2.60 bits per heavy atom. The highest BCUT2D eigenvalue weighted by atomic mass is 79.9. The molecule has 1 aromatic carbocycles. The molecule has 4 nitrogen and oxygen atoms in total. The summed E-state index contributed by atoms with van der Waals surface area (Å²) < 4.78 is 25.1. The second-order valence-corrected chi connectivity index (χ2v) is 5.66. The molecule has 0 aliphatic heterocycles. The minimum absolute atomic E-state index is 0.0876. The van der Waals surface area contributed by atoms with Gasteiger partial charge in [-0.3, -0.25) is 4.79 Å². The van der Waals surface area contributed by atoms with E-state index in [-0.39, 0.29) is 24.0 Å². The zero-order valence-electron chi connectivity index (χ0n) is 11.3. The van der Waals surface area contributed by atoms with Crippen LogP contribution in [0.25, 0.3) is 0 Å². The van der Waals surface area contributed by atoms with Gasteiger partial charge in [0.2, 0.25) is 0 Å². The zero-order chi connectivity index (χ0) is 14.9. The van der Waals surface area contributed by atoms with Gasteiger partial charge in [0.05, 0.1) is 25.1 Å². The number of carboxylic acids is 1. The van der Waals surface area contributed by atoms with Gasteiger partial charge in [0.15, 0.2) is 11.5 Å². The summed E-state index contributed by atoms with van der Waals surface area (Å²) in [4.78, 5) is 11.0. The van der Waals surface area contributed by atoms with Crippen molar-refractivity contribution in [1.29, 1.82) is 0 Å². The largest absolute Gasteiger partial charge is 0.493 e. The number of aliphatic carboxylic acids is 1. The molecule has 0 bridgehead atoms. The van der Waals surface area contributed by atoms with E-state index in [9.17, 15) is 9.18 Å². The molecule has 0 heterocycles. The highest BCUT2D eigenvalue weighted by molar-refractivity contribution is 9.10. The van der Waals surface area contributed by atoms with E-state index in [1.807, 2.05) is 0 Å². The van der Waals surface area contributed by atoms with Crippen LogP contribution in [-0.2, 0) is 4.79 Å². The van der Waals surface area contributed by atoms with E-state index in [1.54, 1.807) is 0 Å². The number of ether oxygens (including phenoxy) is 2. The van der Waals surface area contributed by atoms with Gasteiger partial charge in [-0.1, -0.05) is 0 Å². The number of hydrogen-bond acceptors (Lipinski definition) is 3. The molecule has 110 valence electrons. The van der Waals surface area contributed by atoms with E-state index in [0.717, 1.165) is 12.8 Å². The average molecular weight is 347 g/mol. The van der Waals surface area contributed by atoms with Gasteiger partial charge in [-0.2, -0.15) is 0 Å². The van der Waals surface area contributed by atoms with Crippen LogP contribution in [0.3, 0.4) is 0 Å². The lowest BCUT2D eigenvalue weighted by atomic mass is 9.90. The Morgan fingerprint density at radius 2 is 2.15 bits per heavy atom. The first-order chi connectivity index (χ1) is 9.49. The summed E-state index contributed by atoms with van der Waals surface area (Å²) in [5.41, 5.74) is 0.368. The van der Waals surface area contributed by atoms with Gasteiger partial charge < -0.3 is 14.6 Å². The third-order valence-electron chi connectivity index (χ3n) is 3.56. The normalized spacial score (nSPS) is 15.8. The van der Waals surface area contributed by atoms with Crippen molar-refractivity contribution in [2.24, 2.45) is 5.92 Å². The number of halogens is 2. The Labute approximate surface area is 125 Å². The molecule has 0 amide bonds. The summed E-state index contributed by atoms with van der Waals surface area (Å²) in [6.07, 6.45) is 1.77. The summed E-state index contributed by atoms with van der Waals surface area (Å²) >= 11 is 3.33. The predicted octanol–water partition coefficient (Wildman–Crippen LogP) is 3.57. The fourth-order valence-electron chi connectivity index (χ4n) is 2.47. The molecule has 0 aromatic heterocycles. The van der Waals surface area contributed by atoms with Crippen LogP contribution >= 0.6 is 15.9 Å². The molecule has 1 unspecified atom stereocenters. The topological polar surface area (TPSA) is 55.8 Å². The lowest BCUT2D eigenvalue weighted by Gasteiger charge is -2.20. The van der Waals surface area contributed by atoms with Gasteiger partial charge in [0, 0.05) is 17.5 Å². The maximum Gasteiger partial charge on any atom is 0.303 e. The van der Waals surface area contributed by atoms with Crippen molar-refractivity contribution in [3.8, 4) is 11.5 Å². The van der Waals surface area contributed by atoms with Crippen molar-refractivity contribution < 1.29 is 23.8 Å². The van der Waals surface area contributed by atoms with Gasteiger partial charge in [0.1, 0.15) is 5.82 Å². The number of carbonyl (C=O) groups is 1. The number of carboxylic acid groups (broad SMARTS) is 1. The molecule has 1 aliphatic carbocycles. The van der Waals surface area contributed by atoms with E-state index in [2.05, 4.69) is 15.9 Å². The van der Waals surface area contributed by atoms with Crippen molar-refractivity contribution in [1.82, 2.24) is 0 Å². The number of hydrogen-bond donors (Lipinski definition) is 1. The van der Waals surface area contributed by atoms with Crippen LogP contribution in [0.15, 0.2) is 10.5 Å². The third-order valence-corrected chi connectivity index (χ3v) is 4.34. The van der Waals surface area contributed by atoms with E-state index < -0.39 is 11.8 Å². The van der Waals surface area contributed by atoms with Crippen LogP contribution in [-0.4, -0.2) is 25.3 Å². The first kappa shape index (κ1) is 15.1. The van der Waals surface area contributed by atoms with E-state index in [0.29, 0.717) is 15.8 Å². The highest BCUT2D eigenvalue weighted by Crippen LogP contribution is 2.50. The Bertz CT molecular complexity index is 528. The van der Waals surface area contributed by atoms with Crippen LogP contribution in [0, 0.1) is 11.7 Å². The minimum atomic E-state index is -0.928. The average Bonchev–Trinajstić information content (AvgIpc) is 3.20. The molecule has 6 heteroatoms. The fraction of sp³-hybridized carbons (Fsp3) is 0.500. The van der Waals surface area contributed by atoms with Crippen LogP contribution in [0.1, 0.15) is 30.7 Å². The van der Waals surface area contributed by atoms with Crippen LogP contribution in [0.2, 0.25) is 0 Å². The highest BCUT2D eigenvalue weighted by Gasteiger charge is 2.37. The Kier molecular flexibility index (Phi) is 4.52. The zero-order valence-corrected chi connectivity index (χ0v) is 12.9. The molecule has 1 aliphatic rings. The molecular weight excluding hydrogens is 331 g/mol. The molecule has 1 fully saturated rings. The Morgan fingerprint density at radius 1 is 1.50 bits per heavy atom. The Balaban J connectivity index is 2.51. The second-order valence-electron chi connectivity index (χ2n) is 4.86. The molecule has 1 atom stereocenters. The number of benzene rings is 1. The van der Waals surface area contributed by atoms with Gasteiger partial charge in [0.25, 0.3) is 0 Å². The van der Waals surface area contributed by atoms with Gasteiger partial charge in [-0.05, 0) is 34.7 Å². The van der Waals surface area contributed by atoms with Crippen molar-refractivity contribution in [3.05, 3.63) is 21.9 Å². The SMILES string of the molecule is COc1cc(F)c(C(CC(=O)O)C2CC2)c(Br)c1OC. The minimum Gasteiger partial charge on any atom is -0.493 e. The van der Waals surface area contributed by atoms with Crippen molar-refractivity contribution in [3.63, 3.8) is 0 Å². The quantitative estimate of drug-likeness (QED) is 0.855. The molecule has 0 saturated heterocycles. The first-order valence-electron chi connectivity index (χ1n) is 6.31. The van der Waals surface area contributed by atoms with E-state index >= 15 is 0 Å². The summed E-state index contributed by atoms with van der Waals surface area (Å²) in [5.74, 6) is -0.849. The van der Waals surface area contributed by atoms with Crippen LogP contribution in [0.4, 0.5) is 4.39 Å². The molecule has 1 saturated carbocycles. The smallest absolute Gasteiger partial charge is 0.303 e. The van der Waals surface area contributed by atoms with E-state index in [1.165, 1.54) is 20.3 Å². The van der Waals surface area contributed by atoms with Crippen LogP contribution < -0.4 is 9.47 Å². The number of methoxy groups -OCH3 is 2. The molecule has 2 rings (SSSR count). The van der Waals surface area contributed by atoms with Crippen LogP contribution in [0.5, 0.6) is 11.5 Å². The van der Waals surface area contributed by atoms with Crippen molar-refractivity contribution >= 4 is 21.9 Å². The molecular formula is C14H16BrFO4. The number of rotatable bonds is 6. The molecule has 20 heavy (non-hydrogen) atoms. The maximum atomic E-state index is 14.3. The van der Waals surface area contributed by atoms with Gasteiger partial charge in [-0.15, -0.1) is 0 Å². The standard InChI is InChI=1S/C14H16BrFO4/c1-19-10-6-9(16)12(13(15)14(10)20-2)8(5-11(17)18)7-3-4-7/h6-8H,3-5H2,1-2H3,(H,17,18). The fourth-order valence-corrected chi connectivity index (χ4v) is 3.31. The third kappa shape index (κ3) is 2.90. The molecule has 0 spiro atoms. The van der Waals surface area contributed by atoms with Crippen molar-refractivity contribution in [2.75, 3.05) is 14.2 Å². The van der Waals surface area contributed by atoms with E-state index in [4.69, 9.17) is 14.6 Å². The second kappa shape index (κ2) is 5.99. The lowest BCUT2D eigenvalue weighted by Crippen LogP contribution is -2.12. The molecule has 0 radical (unpaired) electrons. The summed E-state index contributed by atoms with van der Waals surface area (Å²) in [6.45, 7) is 0. The molecule has 1 aromatic rings. The molecule has 1 N–H and O–H groups in total. The van der Waals surface area contributed by atoms with Gasteiger partial charge >= 0.3 is 5.97 Å². The van der Waals surface area contributed by atoms with Crippen molar-refractivity contribution in [2.45, 2.75) is 25.2 Å². The predicted molar refractivity (Wildman–Crippen MR) is 74.9 cm³/mol. The Hall–Kier alpha value is -1.30. The maximum absolute atomic E-state index is 14.3. The lowest BCUT2D eigenvalue weighted by molar-refractivity contribution is -0.137.